The predicted molar refractivity (Wildman–Crippen MR) is 76.5 cm³/mol. The normalized spacial score (nSPS) is 15.2. The molecule has 1 aliphatic carbocycles. The summed E-state index contributed by atoms with van der Waals surface area (Å²) >= 11 is 5.76. The summed E-state index contributed by atoms with van der Waals surface area (Å²) in [6.07, 6.45) is 8.16. The average molecular weight is 282 g/mol. The highest BCUT2D eigenvalue weighted by Crippen LogP contribution is 2.20. The van der Waals surface area contributed by atoms with Crippen molar-refractivity contribution in [2.24, 2.45) is 0 Å². The maximum Gasteiger partial charge on any atom is 0.287 e. The molecule has 0 aromatic carbocycles. The number of carbonyl (C=O) groups excluding carboxylic acids is 1. The maximum absolute atomic E-state index is 11.9. The molecular formula is C15H20ClNO2. The second kappa shape index (κ2) is 6.80. The zero-order valence-corrected chi connectivity index (χ0v) is 12.1. The predicted octanol–water partition coefficient (Wildman–Crippen LogP) is 3.95. The van der Waals surface area contributed by atoms with Gasteiger partial charge in [0.15, 0.2) is 5.76 Å². The van der Waals surface area contributed by atoms with E-state index in [2.05, 4.69) is 11.4 Å². The van der Waals surface area contributed by atoms with Gasteiger partial charge in [-0.05, 0) is 45.1 Å². The number of hydrogen-bond donors (Lipinski definition) is 1. The number of amides is 1. The van der Waals surface area contributed by atoms with Crippen LogP contribution < -0.4 is 5.32 Å². The Kier molecular flexibility index (Phi) is 5.08. The Morgan fingerprint density at radius 1 is 1.47 bits per heavy atom. The van der Waals surface area contributed by atoms with Gasteiger partial charge in [-0.15, -0.1) is 11.6 Å². The topological polar surface area (TPSA) is 42.2 Å². The van der Waals surface area contributed by atoms with Gasteiger partial charge in [-0.2, -0.15) is 0 Å². The minimum absolute atomic E-state index is 0.157. The van der Waals surface area contributed by atoms with Gasteiger partial charge in [0, 0.05) is 12.1 Å². The van der Waals surface area contributed by atoms with E-state index in [0.29, 0.717) is 18.2 Å². The van der Waals surface area contributed by atoms with Crippen LogP contribution in [0.3, 0.4) is 0 Å². The highest BCUT2D eigenvalue weighted by molar-refractivity contribution is 6.17. The van der Waals surface area contributed by atoms with E-state index in [-0.39, 0.29) is 5.91 Å². The van der Waals surface area contributed by atoms with Gasteiger partial charge < -0.3 is 9.73 Å². The van der Waals surface area contributed by atoms with Crippen LogP contribution >= 0.6 is 11.6 Å². The van der Waals surface area contributed by atoms with Crippen molar-refractivity contribution in [1.29, 1.82) is 0 Å². The molecule has 0 fully saturated rings. The monoisotopic (exact) mass is 281 g/mol. The molecule has 104 valence electrons. The number of carbonyl (C=O) groups is 1. The van der Waals surface area contributed by atoms with Crippen molar-refractivity contribution >= 4 is 17.5 Å². The molecule has 2 rings (SSSR count). The van der Waals surface area contributed by atoms with Crippen molar-refractivity contribution in [3.05, 3.63) is 34.8 Å². The smallest absolute Gasteiger partial charge is 0.287 e. The summed E-state index contributed by atoms with van der Waals surface area (Å²) in [6, 6.07) is 1.72. The van der Waals surface area contributed by atoms with E-state index in [1.54, 1.807) is 6.07 Å². The van der Waals surface area contributed by atoms with Gasteiger partial charge in [0.05, 0.1) is 5.88 Å². The van der Waals surface area contributed by atoms with Crippen LogP contribution in [0.15, 0.2) is 22.1 Å². The molecule has 0 bridgehead atoms. The Balaban J connectivity index is 1.82. The van der Waals surface area contributed by atoms with Crippen molar-refractivity contribution < 1.29 is 9.21 Å². The summed E-state index contributed by atoms with van der Waals surface area (Å²) in [4.78, 5) is 11.9. The Morgan fingerprint density at radius 2 is 2.32 bits per heavy atom. The molecule has 1 aromatic heterocycles. The molecule has 1 aromatic rings. The molecular weight excluding hydrogens is 262 g/mol. The molecule has 0 radical (unpaired) electrons. The molecule has 0 atom stereocenters. The number of furan rings is 1. The Hall–Kier alpha value is -1.22. The SMILES string of the molecule is Cc1oc(C(=O)NCCC2=CCCCC2)cc1CCl. The molecule has 3 nitrogen and oxygen atoms in total. The number of rotatable bonds is 5. The van der Waals surface area contributed by atoms with Crippen molar-refractivity contribution in [1.82, 2.24) is 5.32 Å². The minimum Gasteiger partial charge on any atom is -0.456 e. The number of nitrogens with one attached hydrogen (secondary N) is 1. The zero-order chi connectivity index (χ0) is 13.7. The minimum atomic E-state index is -0.157. The fourth-order valence-corrected chi connectivity index (χ4v) is 2.59. The van der Waals surface area contributed by atoms with E-state index < -0.39 is 0 Å². The highest BCUT2D eigenvalue weighted by Gasteiger charge is 2.13. The van der Waals surface area contributed by atoms with E-state index in [9.17, 15) is 4.79 Å². The fourth-order valence-electron chi connectivity index (χ4n) is 2.32. The average Bonchev–Trinajstić information content (AvgIpc) is 2.81. The molecule has 1 aliphatic rings. The van der Waals surface area contributed by atoms with E-state index in [1.165, 1.54) is 31.3 Å². The molecule has 0 saturated heterocycles. The lowest BCUT2D eigenvalue weighted by atomic mass is 9.97. The van der Waals surface area contributed by atoms with Crippen LogP contribution in [0.25, 0.3) is 0 Å². The van der Waals surface area contributed by atoms with Crippen molar-refractivity contribution in [3.8, 4) is 0 Å². The standard InChI is InChI=1S/C15H20ClNO2/c1-11-13(10-16)9-14(19-11)15(18)17-8-7-12-5-3-2-4-6-12/h5,9H,2-4,6-8,10H2,1H3,(H,17,18). The summed E-state index contributed by atoms with van der Waals surface area (Å²) in [5.41, 5.74) is 2.34. The first-order chi connectivity index (χ1) is 9.20. The van der Waals surface area contributed by atoms with Crippen LogP contribution in [0, 0.1) is 6.92 Å². The number of halogens is 1. The van der Waals surface area contributed by atoms with Gasteiger partial charge in [-0.1, -0.05) is 11.6 Å². The Morgan fingerprint density at radius 3 is 2.95 bits per heavy atom. The zero-order valence-electron chi connectivity index (χ0n) is 11.3. The van der Waals surface area contributed by atoms with Crippen molar-refractivity contribution in [3.63, 3.8) is 0 Å². The molecule has 0 saturated carbocycles. The summed E-state index contributed by atoms with van der Waals surface area (Å²) in [5, 5.41) is 2.89. The lowest BCUT2D eigenvalue weighted by molar-refractivity contribution is 0.0925. The largest absolute Gasteiger partial charge is 0.456 e. The summed E-state index contributed by atoms with van der Waals surface area (Å²) in [6.45, 7) is 2.49. The Bertz CT molecular complexity index is 476. The van der Waals surface area contributed by atoms with Crippen molar-refractivity contribution in [2.75, 3.05) is 6.54 Å². The lowest BCUT2D eigenvalue weighted by Crippen LogP contribution is -2.24. The third kappa shape index (κ3) is 3.87. The number of aryl methyl sites for hydroxylation is 1. The van der Waals surface area contributed by atoms with Crippen LogP contribution in [0.4, 0.5) is 0 Å². The maximum atomic E-state index is 11.9. The first-order valence-corrected chi connectivity index (χ1v) is 7.35. The van der Waals surface area contributed by atoms with E-state index in [0.717, 1.165) is 17.7 Å². The molecule has 0 aliphatic heterocycles. The fraction of sp³-hybridized carbons (Fsp3) is 0.533. The third-order valence-corrected chi connectivity index (χ3v) is 3.79. The summed E-state index contributed by atoms with van der Waals surface area (Å²) < 4.78 is 5.40. The van der Waals surface area contributed by atoms with Crippen LogP contribution in [0.2, 0.25) is 0 Å². The molecule has 1 N–H and O–H groups in total. The molecule has 1 amide bonds. The molecule has 1 heterocycles. The first kappa shape index (κ1) is 14.2. The highest BCUT2D eigenvalue weighted by atomic mass is 35.5. The third-order valence-electron chi connectivity index (χ3n) is 3.51. The van der Waals surface area contributed by atoms with Crippen LogP contribution in [-0.4, -0.2) is 12.5 Å². The molecule has 19 heavy (non-hydrogen) atoms. The van der Waals surface area contributed by atoms with Crippen LogP contribution in [0.5, 0.6) is 0 Å². The van der Waals surface area contributed by atoms with Gasteiger partial charge in [-0.25, -0.2) is 0 Å². The van der Waals surface area contributed by atoms with Crippen LogP contribution in [0.1, 0.15) is 54.0 Å². The van der Waals surface area contributed by atoms with Crippen molar-refractivity contribution in [2.45, 2.75) is 44.9 Å². The second-order valence-electron chi connectivity index (χ2n) is 4.94. The number of hydrogen-bond acceptors (Lipinski definition) is 2. The number of alkyl halides is 1. The summed E-state index contributed by atoms with van der Waals surface area (Å²) in [7, 11) is 0. The van der Waals surface area contributed by atoms with E-state index in [4.69, 9.17) is 16.0 Å². The first-order valence-electron chi connectivity index (χ1n) is 6.82. The second-order valence-corrected chi connectivity index (χ2v) is 5.21. The van der Waals surface area contributed by atoms with Gasteiger partial charge >= 0.3 is 0 Å². The summed E-state index contributed by atoms with van der Waals surface area (Å²) in [5.74, 6) is 1.28. The molecule has 4 heteroatoms. The van der Waals surface area contributed by atoms with Gasteiger partial charge in [0.25, 0.3) is 5.91 Å². The quantitative estimate of drug-likeness (QED) is 0.656. The molecule has 0 unspecified atom stereocenters. The number of allylic oxidation sites excluding steroid dienone is 1. The molecule has 0 spiro atoms. The van der Waals surface area contributed by atoms with Crippen LogP contribution in [-0.2, 0) is 5.88 Å². The van der Waals surface area contributed by atoms with E-state index >= 15 is 0 Å². The lowest BCUT2D eigenvalue weighted by Gasteiger charge is -2.12. The van der Waals surface area contributed by atoms with Gasteiger partial charge in [0.2, 0.25) is 0 Å². The van der Waals surface area contributed by atoms with Gasteiger partial charge in [0.1, 0.15) is 5.76 Å². The van der Waals surface area contributed by atoms with Gasteiger partial charge in [-0.3, -0.25) is 4.79 Å². The van der Waals surface area contributed by atoms with E-state index in [1.807, 2.05) is 6.92 Å². The Labute approximate surface area is 119 Å².